The highest BCUT2D eigenvalue weighted by Gasteiger charge is 2.37. The Labute approximate surface area is 298 Å². The first-order valence-electron chi connectivity index (χ1n) is 18.0. The Morgan fingerprint density at radius 2 is 1.22 bits per heavy atom. The fourth-order valence-electron chi connectivity index (χ4n) is 8.59. The van der Waals surface area contributed by atoms with Crippen LogP contribution in [0.4, 0.5) is 17.1 Å². The summed E-state index contributed by atoms with van der Waals surface area (Å²) in [6, 6.07) is 57.6. The standard InChI is InChI=1S/C49H37NO/c1-49(2)44-28-25-39(31-43(44)48-40-16-7-6-13-34(40)22-27-45(48)49)50(37-23-19-33(20-24-37)32-11-4-3-5-12-32)38-15-10-14-35(29-38)36-21-26-42-41-17-8-9-18-46(41)51-47(42)30-36/h3-20,22-25,27-31H,21,26H2,1-2H3. The second-order valence-corrected chi connectivity index (χ2v) is 14.5. The van der Waals surface area contributed by atoms with Crippen LogP contribution >= 0.6 is 0 Å². The summed E-state index contributed by atoms with van der Waals surface area (Å²) in [4.78, 5) is 2.42. The van der Waals surface area contributed by atoms with Crippen molar-refractivity contribution in [1.82, 2.24) is 0 Å². The normalized spacial score (nSPS) is 14.2. The van der Waals surface area contributed by atoms with Crippen molar-refractivity contribution in [2.45, 2.75) is 32.1 Å². The monoisotopic (exact) mass is 655 g/mol. The molecule has 0 N–H and O–H groups in total. The summed E-state index contributed by atoms with van der Waals surface area (Å²) in [7, 11) is 0. The molecule has 0 spiro atoms. The molecule has 244 valence electrons. The number of nitrogens with zero attached hydrogens (tertiary/aromatic N) is 1. The summed E-state index contributed by atoms with van der Waals surface area (Å²) in [5, 5.41) is 3.82. The Kier molecular flexibility index (Phi) is 6.69. The summed E-state index contributed by atoms with van der Waals surface area (Å²) in [5.74, 6) is 0.989. The minimum absolute atomic E-state index is 0.0850. The number of hydrogen-bond acceptors (Lipinski definition) is 2. The molecule has 0 bridgehead atoms. The molecule has 2 aliphatic carbocycles. The fourth-order valence-corrected chi connectivity index (χ4v) is 8.59. The molecule has 0 aliphatic heterocycles. The molecule has 0 atom stereocenters. The lowest BCUT2D eigenvalue weighted by atomic mass is 9.82. The van der Waals surface area contributed by atoms with Crippen LogP contribution in [0, 0.1) is 0 Å². The van der Waals surface area contributed by atoms with Gasteiger partial charge in [-0.05, 0) is 117 Å². The molecule has 0 radical (unpaired) electrons. The quantitative estimate of drug-likeness (QED) is 0.183. The van der Waals surface area contributed by atoms with Crippen LogP contribution in [0.15, 0.2) is 162 Å². The van der Waals surface area contributed by atoms with Gasteiger partial charge in [-0.15, -0.1) is 0 Å². The average Bonchev–Trinajstić information content (AvgIpc) is 3.67. The number of allylic oxidation sites excluding steroid dienone is 1. The van der Waals surface area contributed by atoms with E-state index in [1.165, 1.54) is 66.2 Å². The van der Waals surface area contributed by atoms with E-state index in [2.05, 4.69) is 176 Å². The van der Waals surface area contributed by atoms with Crippen molar-refractivity contribution < 1.29 is 4.42 Å². The Hall–Kier alpha value is -6.12. The van der Waals surface area contributed by atoms with Gasteiger partial charge in [-0.1, -0.05) is 129 Å². The van der Waals surface area contributed by atoms with E-state index >= 15 is 0 Å². The fraction of sp³-hybridized carbons (Fsp3) is 0.102. The second-order valence-electron chi connectivity index (χ2n) is 14.5. The van der Waals surface area contributed by atoms with E-state index in [9.17, 15) is 0 Å². The molecule has 51 heavy (non-hydrogen) atoms. The zero-order valence-electron chi connectivity index (χ0n) is 28.9. The number of benzene rings is 7. The number of rotatable bonds is 5. The third-order valence-electron chi connectivity index (χ3n) is 11.2. The Morgan fingerprint density at radius 1 is 0.529 bits per heavy atom. The maximum Gasteiger partial charge on any atom is 0.135 e. The van der Waals surface area contributed by atoms with Gasteiger partial charge in [0.15, 0.2) is 0 Å². The minimum Gasteiger partial charge on any atom is -0.456 e. The van der Waals surface area contributed by atoms with Gasteiger partial charge in [0.25, 0.3) is 0 Å². The van der Waals surface area contributed by atoms with E-state index in [1.54, 1.807) is 0 Å². The van der Waals surface area contributed by atoms with Crippen molar-refractivity contribution in [3.05, 3.63) is 186 Å². The third-order valence-corrected chi connectivity index (χ3v) is 11.2. The number of hydrogen-bond donors (Lipinski definition) is 0. The first-order chi connectivity index (χ1) is 25.0. The predicted molar refractivity (Wildman–Crippen MR) is 214 cm³/mol. The smallest absolute Gasteiger partial charge is 0.135 e. The molecule has 2 heteroatoms. The molecule has 2 aliphatic rings. The van der Waals surface area contributed by atoms with Crippen molar-refractivity contribution in [2.24, 2.45) is 0 Å². The molecule has 1 heterocycles. The minimum atomic E-state index is -0.0850. The molecule has 0 saturated carbocycles. The molecule has 10 rings (SSSR count). The Morgan fingerprint density at radius 3 is 2.08 bits per heavy atom. The van der Waals surface area contributed by atoms with Crippen LogP contribution in [0.25, 0.3) is 55.6 Å². The van der Waals surface area contributed by atoms with E-state index < -0.39 is 0 Å². The molecular formula is C49H37NO. The van der Waals surface area contributed by atoms with Gasteiger partial charge < -0.3 is 9.32 Å². The Bertz CT molecular complexity index is 2660. The topological polar surface area (TPSA) is 16.4 Å². The van der Waals surface area contributed by atoms with Gasteiger partial charge in [-0.25, -0.2) is 0 Å². The van der Waals surface area contributed by atoms with Crippen molar-refractivity contribution in [2.75, 3.05) is 4.90 Å². The molecule has 0 saturated heterocycles. The van der Waals surface area contributed by atoms with Crippen molar-refractivity contribution >= 4 is 50.5 Å². The van der Waals surface area contributed by atoms with Crippen LogP contribution in [-0.2, 0) is 11.8 Å². The van der Waals surface area contributed by atoms with Gasteiger partial charge >= 0.3 is 0 Å². The van der Waals surface area contributed by atoms with Crippen LogP contribution in [-0.4, -0.2) is 0 Å². The van der Waals surface area contributed by atoms with E-state index in [0.717, 1.165) is 41.2 Å². The maximum atomic E-state index is 6.34. The summed E-state index contributed by atoms with van der Waals surface area (Å²) < 4.78 is 6.34. The third kappa shape index (κ3) is 4.78. The first-order valence-corrected chi connectivity index (χ1v) is 18.0. The molecule has 0 fully saturated rings. The van der Waals surface area contributed by atoms with Crippen molar-refractivity contribution in [1.29, 1.82) is 0 Å². The zero-order valence-corrected chi connectivity index (χ0v) is 28.9. The molecule has 7 aromatic carbocycles. The van der Waals surface area contributed by atoms with Gasteiger partial charge in [0.05, 0.1) is 0 Å². The molecule has 8 aromatic rings. The summed E-state index contributed by atoms with van der Waals surface area (Å²) in [5.41, 5.74) is 16.0. The van der Waals surface area contributed by atoms with E-state index in [4.69, 9.17) is 4.42 Å². The molecule has 1 aromatic heterocycles. The predicted octanol–water partition coefficient (Wildman–Crippen LogP) is 13.5. The number of fused-ring (bicyclic) bond motifs is 8. The number of anilines is 3. The van der Waals surface area contributed by atoms with Gasteiger partial charge in [-0.3, -0.25) is 0 Å². The highest BCUT2D eigenvalue weighted by Crippen LogP contribution is 2.53. The number of furan rings is 1. The largest absolute Gasteiger partial charge is 0.456 e. The van der Waals surface area contributed by atoms with Crippen LogP contribution in [0.5, 0.6) is 0 Å². The van der Waals surface area contributed by atoms with Gasteiger partial charge in [0.1, 0.15) is 11.3 Å². The highest BCUT2D eigenvalue weighted by molar-refractivity contribution is 6.03. The van der Waals surface area contributed by atoms with Crippen LogP contribution < -0.4 is 4.90 Å². The number of aryl methyl sites for hydroxylation is 1. The summed E-state index contributed by atoms with van der Waals surface area (Å²) >= 11 is 0. The van der Waals surface area contributed by atoms with Crippen LogP contribution in [0.1, 0.15) is 48.3 Å². The Balaban J connectivity index is 1.13. The van der Waals surface area contributed by atoms with Crippen molar-refractivity contribution in [3.8, 4) is 22.3 Å². The first kappa shape index (κ1) is 29.8. The zero-order chi connectivity index (χ0) is 34.1. The van der Waals surface area contributed by atoms with E-state index in [1.807, 2.05) is 6.07 Å². The second kappa shape index (κ2) is 11.5. The molecular weight excluding hydrogens is 619 g/mol. The van der Waals surface area contributed by atoms with Gasteiger partial charge in [0.2, 0.25) is 0 Å². The highest BCUT2D eigenvalue weighted by atomic mass is 16.3. The lowest BCUT2D eigenvalue weighted by Crippen LogP contribution is -2.15. The maximum absolute atomic E-state index is 6.34. The summed E-state index contributed by atoms with van der Waals surface area (Å²) in [6.45, 7) is 4.72. The SMILES string of the molecule is CC1(C)c2ccc(N(c3ccc(-c4ccccc4)cc3)c3cccc(C4=Cc5oc6ccccc6c5CC4)c3)cc2-c2c1ccc1ccccc21. The van der Waals surface area contributed by atoms with Crippen LogP contribution in [0.2, 0.25) is 0 Å². The lowest BCUT2D eigenvalue weighted by molar-refractivity contribution is 0.596. The van der Waals surface area contributed by atoms with E-state index in [-0.39, 0.29) is 5.41 Å². The van der Waals surface area contributed by atoms with Gasteiger partial charge in [0, 0.05) is 33.4 Å². The van der Waals surface area contributed by atoms with Gasteiger partial charge in [-0.2, -0.15) is 0 Å². The van der Waals surface area contributed by atoms with E-state index in [0.29, 0.717) is 0 Å². The molecule has 0 amide bonds. The molecule has 2 nitrogen and oxygen atoms in total. The lowest BCUT2D eigenvalue weighted by Gasteiger charge is -2.28. The van der Waals surface area contributed by atoms with Crippen molar-refractivity contribution in [3.63, 3.8) is 0 Å². The average molecular weight is 656 g/mol. The summed E-state index contributed by atoms with van der Waals surface area (Å²) in [6.07, 6.45) is 4.21. The van der Waals surface area contributed by atoms with Crippen LogP contribution in [0.3, 0.4) is 0 Å². The molecule has 0 unspecified atom stereocenters. The number of para-hydroxylation sites is 1.